The molecule has 6 heteroatoms. The molecule has 31 heavy (non-hydrogen) atoms. The number of anilines is 1. The second-order valence-electron chi connectivity index (χ2n) is 8.84. The molecule has 1 amide bonds. The smallest absolute Gasteiger partial charge is 0.295 e. The van der Waals surface area contributed by atoms with Gasteiger partial charge in [0.25, 0.3) is 5.91 Å². The summed E-state index contributed by atoms with van der Waals surface area (Å²) in [5, 5.41) is 0. The number of pyridine rings is 1. The van der Waals surface area contributed by atoms with Crippen molar-refractivity contribution in [3.63, 3.8) is 0 Å². The highest BCUT2D eigenvalue weighted by Gasteiger charge is 2.54. The maximum absolute atomic E-state index is 13.8. The Hall–Kier alpha value is -3.15. The van der Waals surface area contributed by atoms with Crippen LogP contribution in [0.1, 0.15) is 38.3 Å². The van der Waals surface area contributed by atoms with Crippen molar-refractivity contribution < 1.29 is 19.1 Å². The van der Waals surface area contributed by atoms with Crippen molar-refractivity contribution in [1.29, 1.82) is 0 Å². The van der Waals surface area contributed by atoms with Crippen LogP contribution in [0.15, 0.2) is 60.0 Å². The maximum atomic E-state index is 13.8. The van der Waals surface area contributed by atoms with Gasteiger partial charge in [0.2, 0.25) is 0 Å². The summed E-state index contributed by atoms with van der Waals surface area (Å²) >= 11 is 0. The van der Waals surface area contributed by atoms with E-state index in [2.05, 4.69) is 18.8 Å². The molecule has 160 valence electrons. The normalized spacial score (nSPS) is 30.0. The fraction of sp³-hybridized carbons (Fsp3) is 0.400. The SMILES string of the molecule is COc1cccc(C2C3=C(OC4CC(C)C(C)CC4C3=O)C(=O)N2c2ccccn2)c1. The lowest BCUT2D eigenvalue weighted by Gasteiger charge is -2.40. The first-order valence-corrected chi connectivity index (χ1v) is 10.8. The first kappa shape index (κ1) is 19.8. The van der Waals surface area contributed by atoms with Gasteiger partial charge in [-0.1, -0.05) is 32.0 Å². The summed E-state index contributed by atoms with van der Waals surface area (Å²) in [6, 6.07) is 12.3. The molecule has 5 atom stereocenters. The zero-order chi connectivity index (χ0) is 21.7. The molecule has 0 N–H and O–H groups in total. The lowest BCUT2D eigenvalue weighted by atomic mass is 9.70. The number of fused-ring (bicyclic) bond motifs is 1. The fourth-order valence-electron chi connectivity index (χ4n) is 5.12. The molecule has 1 saturated carbocycles. The van der Waals surface area contributed by atoms with Gasteiger partial charge >= 0.3 is 0 Å². The summed E-state index contributed by atoms with van der Waals surface area (Å²) in [5.74, 6) is 1.76. The van der Waals surface area contributed by atoms with Crippen LogP contribution in [-0.4, -0.2) is 29.9 Å². The van der Waals surface area contributed by atoms with Gasteiger partial charge in [0.1, 0.15) is 17.7 Å². The molecule has 3 aliphatic rings. The third-order valence-corrected chi connectivity index (χ3v) is 7.02. The molecule has 5 rings (SSSR count). The number of ether oxygens (including phenoxy) is 2. The number of amides is 1. The van der Waals surface area contributed by atoms with Gasteiger partial charge < -0.3 is 9.47 Å². The summed E-state index contributed by atoms with van der Waals surface area (Å²) in [7, 11) is 1.60. The van der Waals surface area contributed by atoms with Gasteiger partial charge in [-0.15, -0.1) is 0 Å². The number of aromatic nitrogens is 1. The number of ketones is 1. The van der Waals surface area contributed by atoms with Crippen LogP contribution in [-0.2, 0) is 14.3 Å². The van der Waals surface area contributed by atoms with E-state index in [0.29, 0.717) is 29.0 Å². The Kier molecular flexibility index (Phi) is 4.80. The van der Waals surface area contributed by atoms with Crippen molar-refractivity contribution in [2.45, 2.75) is 38.8 Å². The predicted octanol–water partition coefficient (Wildman–Crippen LogP) is 4.08. The average Bonchev–Trinajstić information content (AvgIpc) is 3.08. The first-order chi connectivity index (χ1) is 15.0. The molecule has 2 aliphatic heterocycles. The van der Waals surface area contributed by atoms with Crippen LogP contribution in [0.4, 0.5) is 5.82 Å². The van der Waals surface area contributed by atoms with Crippen LogP contribution in [0.3, 0.4) is 0 Å². The van der Waals surface area contributed by atoms with Gasteiger partial charge in [-0.2, -0.15) is 0 Å². The molecule has 1 aromatic heterocycles. The van der Waals surface area contributed by atoms with Crippen molar-refractivity contribution >= 4 is 17.5 Å². The van der Waals surface area contributed by atoms with Crippen LogP contribution in [0.5, 0.6) is 5.75 Å². The first-order valence-electron chi connectivity index (χ1n) is 10.8. The van der Waals surface area contributed by atoms with Crippen LogP contribution >= 0.6 is 0 Å². The number of nitrogens with zero attached hydrogens (tertiary/aromatic N) is 2. The van der Waals surface area contributed by atoms with Crippen molar-refractivity contribution in [3.05, 3.63) is 65.6 Å². The summed E-state index contributed by atoms with van der Waals surface area (Å²) in [4.78, 5) is 33.3. The molecule has 0 bridgehead atoms. The van der Waals surface area contributed by atoms with Gasteiger partial charge in [-0.3, -0.25) is 14.5 Å². The molecule has 1 fully saturated rings. The summed E-state index contributed by atoms with van der Waals surface area (Å²) in [6.07, 6.45) is 2.98. The number of hydrogen-bond donors (Lipinski definition) is 0. The Bertz CT molecular complexity index is 1060. The monoisotopic (exact) mass is 418 g/mol. The second kappa shape index (κ2) is 7.52. The van der Waals surface area contributed by atoms with Crippen LogP contribution in [0.2, 0.25) is 0 Å². The molecule has 0 radical (unpaired) electrons. The van der Waals surface area contributed by atoms with E-state index in [1.54, 1.807) is 30.3 Å². The highest BCUT2D eigenvalue weighted by molar-refractivity contribution is 6.17. The molecule has 0 spiro atoms. The minimum Gasteiger partial charge on any atom is -0.497 e. The van der Waals surface area contributed by atoms with Gasteiger partial charge in [0.15, 0.2) is 11.5 Å². The molecule has 1 aromatic carbocycles. The number of carbonyl (C=O) groups excluding carboxylic acids is 2. The molecular weight excluding hydrogens is 392 g/mol. The molecule has 3 heterocycles. The lowest BCUT2D eigenvalue weighted by molar-refractivity contribution is -0.134. The minimum atomic E-state index is -0.587. The maximum Gasteiger partial charge on any atom is 0.295 e. The number of hydrogen-bond acceptors (Lipinski definition) is 5. The molecule has 0 saturated heterocycles. The van der Waals surface area contributed by atoms with Gasteiger partial charge in [-0.05, 0) is 54.5 Å². The van der Waals surface area contributed by atoms with Gasteiger partial charge in [-0.25, -0.2) is 4.98 Å². The Labute approximate surface area is 181 Å². The van der Waals surface area contributed by atoms with Gasteiger partial charge in [0, 0.05) is 6.20 Å². The van der Waals surface area contributed by atoms with Crippen molar-refractivity contribution in [1.82, 2.24) is 4.98 Å². The van der Waals surface area contributed by atoms with Crippen molar-refractivity contribution in [2.24, 2.45) is 17.8 Å². The highest BCUT2D eigenvalue weighted by atomic mass is 16.5. The molecule has 1 aliphatic carbocycles. The Morgan fingerprint density at radius 1 is 1.06 bits per heavy atom. The van der Waals surface area contributed by atoms with Crippen LogP contribution in [0.25, 0.3) is 0 Å². The quantitative estimate of drug-likeness (QED) is 0.751. The summed E-state index contributed by atoms with van der Waals surface area (Å²) in [5.41, 5.74) is 1.25. The third kappa shape index (κ3) is 3.12. The Balaban J connectivity index is 1.64. The molecule has 5 unspecified atom stereocenters. The number of benzene rings is 1. The second-order valence-corrected chi connectivity index (χ2v) is 8.84. The van der Waals surface area contributed by atoms with Crippen LogP contribution in [0, 0.1) is 17.8 Å². The lowest BCUT2D eigenvalue weighted by Crippen LogP contribution is -2.43. The summed E-state index contributed by atoms with van der Waals surface area (Å²) < 4.78 is 11.7. The van der Waals surface area contributed by atoms with E-state index in [0.717, 1.165) is 18.4 Å². The van der Waals surface area contributed by atoms with Crippen molar-refractivity contribution in [2.75, 3.05) is 12.0 Å². The largest absolute Gasteiger partial charge is 0.497 e. The zero-order valence-electron chi connectivity index (χ0n) is 17.9. The van der Waals surface area contributed by atoms with E-state index in [-0.39, 0.29) is 29.5 Å². The molecular formula is C25H26N2O4. The Morgan fingerprint density at radius 2 is 1.87 bits per heavy atom. The number of Topliss-reactive ketones (excluding diaryl/α,β-unsaturated/α-hetero) is 1. The van der Waals surface area contributed by atoms with Crippen LogP contribution < -0.4 is 9.64 Å². The summed E-state index contributed by atoms with van der Waals surface area (Å²) in [6.45, 7) is 4.38. The van der Waals surface area contributed by atoms with E-state index in [1.165, 1.54) is 0 Å². The standard InChI is InChI=1S/C25H26N2O4/c1-14-11-18-19(12-15(14)2)31-24-21(23(18)28)22(16-7-6-8-17(13-16)30-3)27(25(24)29)20-9-4-5-10-26-20/h4-10,13-15,18-19,22H,11-12H2,1-3H3. The Morgan fingerprint density at radius 3 is 2.61 bits per heavy atom. The van der Waals surface area contributed by atoms with Crippen molar-refractivity contribution in [3.8, 4) is 5.75 Å². The topological polar surface area (TPSA) is 68.7 Å². The highest BCUT2D eigenvalue weighted by Crippen LogP contribution is 2.49. The minimum absolute atomic E-state index is 0.0320. The molecule has 6 nitrogen and oxygen atoms in total. The number of methoxy groups -OCH3 is 1. The van der Waals surface area contributed by atoms with E-state index in [1.807, 2.05) is 30.3 Å². The average molecular weight is 418 g/mol. The number of carbonyl (C=O) groups is 2. The van der Waals surface area contributed by atoms with E-state index in [9.17, 15) is 9.59 Å². The van der Waals surface area contributed by atoms with E-state index in [4.69, 9.17) is 9.47 Å². The fourth-order valence-corrected chi connectivity index (χ4v) is 5.12. The van der Waals surface area contributed by atoms with Gasteiger partial charge in [0.05, 0.1) is 24.6 Å². The molecule has 2 aromatic rings. The predicted molar refractivity (Wildman–Crippen MR) is 115 cm³/mol. The van der Waals surface area contributed by atoms with E-state index < -0.39 is 6.04 Å². The zero-order valence-corrected chi connectivity index (χ0v) is 17.9. The third-order valence-electron chi connectivity index (χ3n) is 7.02. The number of rotatable bonds is 3. The van der Waals surface area contributed by atoms with E-state index >= 15 is 0 Å².